The van der Waals surface area contributed by atoms with Crippen molar-refractivity contribution in [3.63, 3.8) is 0 Å². The Balaban J connectivity index is 1.25. The Kier molecular flexibility index (Phi) is 5.50. The number of rotatable bonds is 7. The van der Waals surface area contributed by atoms with E-state index in [-0.39, 0.29) is 11.8 Å². The lowest BCUT2D eigenvalue weighted by Crippen LogP contribution is -2.51. The van der Waals surface area contributed by atoms with Crippen LogP contribution in [0.4, 0.5) is 29.1 Å². The third kappa shape index (κ3) is 4.46. The van der Waals surface area contributed by atoms with Crippen LogP contribution in [0.3, 0.4) is 0 Å². The molecule has 12 nitrogen and oxygen atoms in total. The second-order valence-corrected chi connectivity index (χ2v) is 9.80. The molecule has 1 saturated heterocycles. The van der Waals surface area contributed by atoms with Crippen LogP contribution < -0.4 is 20.9 Å². The van der Waals surface area contributed by atoms with Gasteiger partial charge >= 0.3 is 0 Å². The Bertz CT molecular complexity index is 1470. The van der Waals surface area contributed by atoms with Crippen molar-refractivity contribution in [2.45, 2.75) is 51.0 Å². The van der Waals surface area contributed by atoms with Gasteiger partial charge in [-0.3, -0.25) is 14.7 Å². The first-order chi connectivity index (χ1) is 17.9. The van der Waals surface area contributed by atoms with Crippen molar-refractivity contribution in [1.82, 2.24) is 29.8 Å². The Labute approximate surface area is 212 Å². The van der Waals surface area contributed by atoms with Crippen molar-refractivity contribution in [2.24, 2.45) is 0 Å². The maximum Gasteiger partial charge on any atom is 0.250 e. The van der Waals surface area contributed by atoms with E-state index in [1.54, 1.807) is 16.6 Å². The second kappa shape index (κ2) is 8.87. The smallest absolute Gasteiger partial charge is 0.250 e. The Hall–Kier alpha value is -4.48. The van der Waals surface area contributed by atoms with E-state index < -0.39 is 5.54 Å². The summed E-state index contributed by atoms with van der Waals surface area (Å²) in [6, 6.07) is 9.23. The van der Waals surface area contributed by atoms with Crippen LogP contribution in [0, 0.1) is 0 Å². The predicted octanol–water partition coefficient (Wildman–Crippen LogP) is 3.42. The number of hydrogen-bond donors (Lipinski definition) is 4. The Morgan fingerprint density at radius 1 is 1.16 bits per heavy atom. The minimum absolute atomic E-state index is 0.175. The molecule has 12 heteroatoms. The van der Waals surface area contributed by atoms with Crippen LogP contribution in [0.15, 0.2) is 42.7 Å². The van der Waals surface area contributed by atoms with Crippen LogP contribution in [-0.2, 0) is 9.59 Å². The molecule has 2 amide bonds. The number of aromatic amines is 1. The summed E-state index contributed by atoms with van der Waals surface area (Å²) >= 11 is 0. The van der Waals surface area contributed by atoms with Gasteiger partial charge in [0.15, 0.2) is 11.6 Å². The fourth-order valence-corrected chi connectivity index (χ4v) is 4.76. The molecular weight excluding hydrogens is 472 g/mol. The van der Waals surface area contributed by atoms with E-state index >= 15 is 0 Å². The van der Waals surface area contributed by atoms with Gasteiger partial charge in [-0.25, -0.2) is 9.50 Å². The van der Waals surface area contributed by atoms with Gasteiger partial charge in [0, 0.05) is 37.3 Å². The molecule has 190 valence electrons. The number of nitrogens with zero attached hydrogens (tertiary/aromatic N) is 6. The monoisotopic (exact) mass is 500 g/mol. The zero-order valence-electron chi connectivity index (χ0n) is 20.7. The first-order valence-electron chi connectivity index (χ1n) is 12.4. The fourth-order valence-electron chi connectivity index (χ4n) is 4.76. The van der Waals surface area contributed by atoms with Crippen molar-refractivity contribution in [2.75, 3.05) is 27.4 Å². The normalized spacial score (nSPS) is 19.2. The Morgan fingerprint density at radius 2 is 2.03 bits per heavy atom. The number of aromatic nitrogens is 6. The maximum atomic E-state index is 13.5. The summed E-state index contributed by atoms with van der Waals surface area (Å²) in [4.78, 5) is 35.7. The van der Waals surface area contributed by atoms with Crippen LogP contribution in [0.5, 0.6) is 0 Å². The van der Waals surface area contributed by atoms with Crippen LogP contribution >= 0.6 is 0 Å². The number of carbonyl (C=O) groups is 2. The van der Waals surface area contributed by atoms with E-state index in [4.69, 9.17) is 10.1 Å². The van der Waals surface area contributed by atoms with E-state index in [9.17, 15) is 9.59 Å². The van der Waals surface area contributed by atoms with Gasteiger partial charge in [-0.15, -0.1) is 5.10 Å². The summed E-state index contributed by atoms with van der Waals surface area (Å²) in [5, 5.41) is 21.2. The quantitative estimate of drug-likeness (QED) is 0.302. The highest BCUT2D eigenvalue weighted by atomic mass is 16.2. The van der Waals surface area contributed by atoms with Crippen molar-refractivity contribution in [3.05, 3.63) is 48.4 Å². The molecule has 0 aromatic carbocycles. The SMILES string of the molecule is CC(=O)Nc1ccc(NC(=O)[C@]2(C)CCCN2c2nc(Nc3cc(C4CC4)[nH]n3)c3cccn3n2)cn1. The van der Waals surface area contributed by atoms with Crippen LogP contribution in [-0.4, -0.2) is 53.7 Å². The van der Waals surface area contributed by atoms with E-state index in [2.05, 4.69) is 31.1 Å². The van der Waals surface area contributed by atoms with E-state index in [0.29, 0.717) is 48.0 Å². The largest absolute Gasteiger partial charge is 0.325 e. The van der Waals surface area contributed by atoms with Crippen LogP contribution in [0.1, 0.15) is 51.1 Å². The second-order valence-electron chi connectivity index (χ2n) is 9.80. The molecule has 1 atom stereocenters. The standard InChI is InChI=1S/C25H28N10O2/c1-15(36)27-20-9-8-17(14-26-20)28-23(37)25(2)10-4-11-34(25)24-30-22(19-5-3-12-35(19)33-24)29-21-13-18(31-32-21)16-6-7-16/h3,5,8-9,12-14,16H,4,6-7,10-11H2,1-2H3,(H,28,37)(H,26,27,36)(H2,29,30,31,32,33)/t25-/m0/s1. The zero-order valence-corrected chi connectivity index (χ0v) is 20.7. The lowest BCUT2D eigenvalue weighted by molar-refractivity contribution is -0.120. The van der Waals surface area contributed by atoms with Crippen LogP contribution in [0.2, 0.25) is 0 Å². The van der Waals surface area contributed by atoms with Gasteiger partial charge in [0.25, 0.3) is 0 Å². The summed E-state index contributed by atoms with van der Waals surface area (Å²) in [5.74, 6) is 2.39. The Morgan fingerprint density at radius 3 is 2.78 bits per heavy atom. The first-order valence-corrected chi connectivity index (χ1v) is 12.4. The molecule has 1 saturated carbocycles. The van der Waals surface area contributed by atoms with Gasteiger partial charge in [0.2, 0.25) is 17.8 Å². The molecule has 0 radical (unpaired) electrons. The summed E-state index contributed by atoms with van der Waals surface area (Å²) < 4.78 is 1.76. The summed E-state index contributed by atoms with van der Waals surface area (Å²) in [7, 11) is 0. The molecule has 0 bridgehead atoms. The number of nitrogens with one attached hydrogen (secondary N) is 4. The number of H-pyrrole nitrogens is 1. The average Bonchev–Trinajstić information content (AvgIpc) is 3.24. The molecule has 6 rings (SSSR count). The highest BCUT2D eigenvalue weighted by Gasteiger charge is 2.45. The number of fused-ring (bicyclic) bond motifs is 1. The average molecular weight is 501 g/mol. The third-order valence-corrected chi connectivity index (χ3v) is 6.94. The minimum atomic E-state index is -0.861. The van der Waals surface area contributed by atoms with Gasteiger partial charge in [-0.2, -0.15) is 10.1 Å². The molecule has 1 aliphatic heterocycles. The summed E-state index contributed by atoms with van der Waals surface area (Å²) in [5.41, 5.74) is 1.63. The van der Waals surface area contributed by atoms with Gasteiger partial charge in [0.1, 0.15) is 16.9 Å². The molecule has 0 unspecified atom stereocenters. The van der Waals surface area contributed by atoms with Crippen molar-refractivity contribution in [3.8, 4) is 0 Å². The van der Waals surface area contributed by atoms with Crippen LogP contribution in [0.25, 0.3) is 5.52 Å². The van der Waals surface area contributed by atoms with Gasteiger partial charge in [0.05, 0.1) is 11.9 Å². The maximum absolute atomic E-state index is 13.5. The van der Waals surface area contributed by atoms with E-state index in [1.807, 2.05) is 36.2 Å². The topological polar surface area (TPSA) is 145 Å². The molecular formula is C25H28N10O2. The number of pyridine rings is 1. The van der Waals surface area contributed by atoms with Crippen molar-refractivity contribution in [1.29, 1.82) is 0 Å². The molecule has 37 heavy (non-hydrogen) atoms. The number of carbonyl (C=O) groups excluding carboxylic acids is 2. The molecule has 5 heterocycles. The molecule has 0 spiro atoms. The number of amides is 2. The zero-order chi connectivity index (χ0) is 25.6. The van der Waals surface area contributed by atoms with E-state index in [1.165, 1.54) is 26.0 Å². The molecule has 4 aromatic rings. The first kappa shape index (κ1) is 23.0. The summed E-state index contributed by atoms with van der Waals surface area (Å²) in [6.07, 6.45) is 7.23. The van der Waals surface area contributed by atoms with Gasteiger partial charge in [-0.1, -0.05) is 0 Å². The van der Waals surface area contributed by atoms with E-state index in [0.717, 1.165) is 17.6 Å². The minimum Gasteiger partial charge on any atom is -0.325 e. The molecule has 1 aliphatic carbocycles. The third-order valence-electron chi connectivity index (χ3n) is 6.94. The lowest BCUT2D eigenvalue weighted by atomic mass is 9.97. The van der Waals surface area contributed by atoms with Crippen molar-refractivity contribution >= 4 is 46.4 Å². The number of anilines is 5. The molecule has 2 aliphatic rings. The number of hydrogen-bond acceptors (Lipinski definition) is 8. The highest BCUT2D eigenvalue weighted by Crippen LogP contribution is 2.40. The fraction of sp³-hybridized carbons (Fsp3) is 0.360. The van der Waals surface area contributed by atoms with Crippen molar-refractivity contribution < 1.29 is 9.59 Å². The molecule has 2 fully saturated rings. The molecule has 4 N–H and O–H groups in total. The van der Waals surface area contributed by atoms with Gasteiger partial charge in [-0.05, 0) is 56.9 Å². The lowest BCUT2D eigenvalue weighted by Gasteiger charge is -2.34. The van der Waals surface area contributed by atoms with Gasteiger partial charge < -0.3 is 20.9 Å². The molecule has 4 aromatic heterocycles. The summed E-state index contributed by atoms with van der Waals surface area (Å²) in [6.45, 7) is 3.96. The predicted molar refractivity (Wildman–Crippen MR) is 139 cm³/mol. The highest BCUT2D eigenvalue weighted by molar-refractivity contribution is 6.00.